The Labute approximate surface area is 86.0 Å². The third-order valence-corrected chi connectivity index (χ3v) is 3.19. The van der Waals surface area contributed by atoms with Crippen molar-refractivity contribution < 1.29 is 4.74 Å². The number of thioether (sulfide) groups is 1. The van der Waals surface area contributed by atoms with Crippen molar-refractivity contribution in [3.63, 3.8) is 0 Å². The standard InChI is InChI=1S/C10H21NOS/c1-2-13-10-9-12-8-7-11-5-3-4-6-11/h2-10H2,1H3. The average molecular weight is 203 g/mol. The molecule has 0 bridgehead atoms. The highest BCUT2D eigenvalue weighted by Crippen LogP contribution is 2.06. The van der Waals surface area contributed by atoms with Crippen molar-refractivity contribution in [3.8, 4) is 0 Å². The largest absolute Gasteiger partial charge is 0.379 e. The van der Waals surface area contributed by atoms with E-state index in [-0.39, 0.29) is 0 Å². The molecule has 0 radical (unpaired) electrons. The van der Waals surface area contributed by atoms with Gasteiger partial charge in [0, 0.05) is 12.3 Å². The fourth-order valence-corrected chi connectivity index (χ4v) is 2.09. The minimum Gasteiger partial charge on any atom is -0.379 e. The van der Waals surface area contributed by atoms with Gasteiger partial charge in [0.15, 0.2) is 0 Å². The molecule has 13 heavy (non-hydrogen) atoms. The van der Waals surface area contributed by atoms with E-state index in [1.54, 1.807) is 0 Å². The first-order valence-corrected chi connectivity index (χ1v) is 6.47. The highest BCUT2D eigenvalue weighted by atomic mass is 32.2. The summed E-state index contributed by atoms with van der Waals surface area (Å²) in [5.74, 6) is 2.35. The van der Waals surface area contributed by atoms with Gasteiger partial charge in [-0.05, 0) is 31.7 Å². The molecule has 0 aromatic rings. The Bertz CT molecular complexity index is 115. The predicted molar refractivity (Wildman–Crippen MR) is 59.5 cm³/mol. The van der Waals surface area contributed by atoms with Crippen LogP contribution < -0.4 is 0 Å². The summed E-state index contributed by atoms with van der Waals surface area (Å²) in [6.07, 6.45) is 2.76. The molecule has 3 heteroatoms. The van der Waals surface area contributed by atoms with Crippen LogP contribution in [0.3, 0.4) is 0 Å². The maximum absolute atomic E-state index is 5.54. The molecule has 78 valence electrons. The zero-order valence-corrected chi connectivity index (χ0v) is 9.44. The molecule has 0 amide bonds. The van der Waals surface area contributed by atoms with Crippen molar-refractivity contribution >= 4 is 11.8 Å². The van der Waals surface area contributed by atoms with E-state index in [0.717, 1.165) is 25.5 Å². The summed E-state index contributed by atoms with van der Waals surface area (Å²) in [4.78, 5) is 2.49. The molecule has 1 fully saturated rings. The maximum atomic E-state index is 5.54. The summed E-state index contributed by atoms with van der Waals surface area (Å²) in [6, 6.07) is 0. The van der Waals surface area contributed by atoms with Crippen LogP contribution in [0.4, 0.5) is 0 Å². The molecule has 1 saturated heterocycles. The Morgan fingerprint density at radius 3 is 2.69 bits per heavy atom. The summed E-state index contributed by atoms with van der Waals surface area (Å²) < 4.78 is 5.54. The zero-order chi connectivity index (χ0) is 9.36. The molecule has 0 unspecified atom stereocenters. The number of likely N-dealkylation sites (tertiary alicyclic amines) is 1. The first kappa shape index (κ1) is 11.3. The molecule has 1 heterocycles. The Morgan fingerprint density at radius 2 is 2.00 bits per heavy atom. The Balaban J connectivity index is 1.78. The molecule has 0 aliphatic carbocycles. The second-order valence-electron chi connectivity index (χ2n) is 3.36. The molecule has 1 aliphatic heterocycles. The number of hydrogen-bond acceptors (Lipinski definition) is 3. The predicted octanol–water partition coefficient (Wildman–Crippen LogP) is 1.85. The smallest absolute Gasteiger partial charge is 0.0593 e. The van der Waals surface area contributed by atoms with Crippen molar-refractivity contribution in [2.75, 3.05) is 44.4 Å². The number of hydrogen-bond donors (Lipinski definition) is 0. The fourth-order valence-electron chi connectivity index (χ4n) is 1.56. The van der Waals surface area contributed by atoms with E-state index in [9.17, 15) is 0 Å². The van der Waals surface area contributed by atoms with Crippen molar-refractivity contribution in [1.29, 1.82) is 0 Å². The molecule has 0 aromatic heterocycles. The quantitative estimate of drug-likeness (QED) is 0.586. The summed E-state index contributed by atoms with van der Waals surface area (Å²) in [5.41, 5.74) is 0. The molecular weight excluding hydrogens is 182 g/mol. The van der Waals surface area contributed by atoms with E-state index in [1.807, 2.05) is 11.8 Å². The summed E-state index contributed by atoms with van der Waals surface area (Å²) in [5, 5.41) is 0. The third kappa shape index (κ3) is 5.55. The lowest BCUT2D eigenvalue weighted by atomic mass is 10.4. The summed E-state index contributed by atoms with van der Waals surface area (Å²) >= 11 is 1.95. The average Bonchev–Trinajstić information content (AvgIpc) is 2.63. The van der Waals surface area contributed by atoms with Crippen molar-refractivity contribution in [1.82, 2.24) is 4.90 Å². The summed E-state index contributed by atoms with van der Waals surface area (Å²) in [7, 11) is 0. The van der Waals surface area contributed by atoms with Crippen LogP contribution in [0.15, 0.2) is 0 Å². The van der Waals surface area contributed by atoms with Gasteiger partial charge in [-0.15, -0.1) is 0 Å². The maximum Gasteiger partial charge on any atom is 0.0593 e. The number of ether oxygens (including phenoxy) is 1. The van der Waals surface area contributed by atoms with Crippen LogP contribution in [0.1, 0.15) is 19.8 Å². The second kappa shape index (κ2) is 7.65. The van der Waals surface area contributed by atoms with Gasteiger partial charge in [0.2, 0.25) is 0 Å². The SMILES string of the molecule is CCSCCOCCN1CCCC1. The van der Waals surface area contributed by atoms with Crippen LogP contribution in [0.2, 0.25) is 0 Å². The third-order valence-electron chi connectivity index (χ3n) is 2.33. The van der Waals surface area contributed by atoms with Crippen LogP contribution in [0, 0.1) is 0 Å². The fraction of sp³-hybridized carbons (Fsp3) is 1.00. The van der Waals surface area contributed by atoms with Crippen molar-refractivity contribution in [2.24, 2.45) is 0 Å². The second-order valence-corrected chi connectivity index (χ2v) is 4.75. The minimum absolute atomic E-state index is 0.921. The lowest BCUT2D eigenvalue weighted by Gasteiger charge is -2.13. The molecule has 1 rings (SSSR count). The lowest BCUT2D eigenvalue weighted by Crippen LogP contribution is -2.24. The molecule has 0 N–H and O–H groups in total. The molecule has 0 atom stereocenters. The highest BCUT2D eigenvalue weighted by molar-refractivity contribution is 7.99. The Morgan fingerprint density at radius 1 is 1.23 bits per heavy atom. The van der Waals surface area contributed by atoms with Gasteiger partial charge in [0.25, 0.3) is 0 Å². The van der Waals surface area contributed by atoms with E-state index in [1.165, 1.54) is 31.7 Å². The van der Waals surface area contributed by atoms with Crippen LogP contribution in [-0.2, 0) is 4.74 Å². The minimum atomic E-state index is 0.921. The van der Waals surface area contributed by atoms with E-state index < -0.39 is 0 Å². The van der Waals surface area contributed by atoms with Crippen molar-refractivity contribution in [3.05, 3.63) is 0 Å². The topological polar surface area (TPSA) is 12.5 Å². The van der Waals surface area contributed by atoms with Gasteiger partial charge in [-0.25, -0.2) is 0 Å². The molecule has 0 spiro atoms. The van der Waals surface area contributed by atoms with Gasteiger partial charge in [0.1, 0.15) is 0 Å². The monoisotopic (exact) mass is 203 g/mol. The molecule has 1 aliphatic rings. The normalized spacial score (nSPS) is 18.2. The van der Waals surface area contributed by atoms with E-state index in [0.29, 0.717) is 0 Å². The van der Waals surface area contributed by atoms with E-state index in [4.69, 9.17) is 4.74 Å². The Hall–Kier alpha value is 0.270. The van der Waals surface area contributed by atoms with Crippen LogP contribution in [0.5, 0.6) is 0 Å². The van der Waals surface area contributed by atoms with Crippen LogP contribution in [0.25, 0.3) is 0 Å². The van der Waals surface area contributed by atoms with Gasteiger partial charge >= 0.3 is 0 Å². The van der Waals surface area contributed by atoms with Gasteiger partial charge in [0.05, 0.1) is 13.2 Å². The molecular formula is C10H21NOS. The number of nitrogens with zero attached hydrogens (tertiary/aromatic N) is 1. The number of rotatable bonds is 7. The van der Waals surface area contributed by atoms with Crippen LogP contribution >= 0.6 is 11.8 Å². The molecule has 0 aromatic carbocycles. The van der Waals surface area contributed by atoms with Gasteiger partial charge < -0.3 is 9.64 Å². The van der Waals surface area contributed by atoms with Gasteiger partial charge in [-0.3, -0.25) is 0 Å². The van der Waals surface area contributed by atoms with Gasteiger partial charge in [-0.1, -0.05) is 6.92 Å². The van der Waals surface area contributed by atoms with Crippen LogP contribution in [-0.4, -0.2) is 49.3 Å². The summed E-state index contributed by atoms with van der Waals surface area (Å²) in [6.45, 7) is 7.74. The van der Waals surface area contributed by atoms with Gasteiger partial charge in [-0.2, -0.15) is 11.8 Å². The Kier molecular flexibility index (Phi) is 6.68. The molecule has 0 saturated carbocycles. The van der Waals surface area contributed by atoms with E-state index >= 15 is 0 Å². The molecule has 2 nitrogen and oxygen atoms in total. The first-order valence-electron chi connectivity index (χ1n) is 5.31. The van der Waals surface area contributed by atoms with Crippen molar-refractivity contribution in [2.45, 2.75) is 19.8 Å². The highest BCUT2D eigenvalue weighted by Gasteiger charge is 2.09. The zero-order valence-electron chi connectivity index (χ0n) is 8.63. The first-order chi connectivity index (χ1) is 6.43. The van der Waals surface area contributed by atoms with E-state index in [2.05, 4.69) is 11.8 Å². The lowest BCUT2D eigenvalue weighted by molar-refractivity contribution is 0.124.